The number of esters is 1. The average molecular weight is 557 g/mol. The Morgan fingerprint density at radius 2 is 2.12 bits per heavy atom. The van der Waals surface area contributed by atoms with E-state index in [1.54, 1.807) is 13.0 Å². The van der Waals surface area contributed by atoms with E-state index in [1.165, 1.54) is 5.17 Å². The lowest BCUT2D eigenvalue weighted by molar-refractivity contribution is 0.0526. The number of rotatable bonds is 4. The predicted octanol–water partition coefficient (Wildman–Crippen LogP) is 4.14. The number of nitrogens with zero attached hydrogens (tertiary/aromatic N) is 1. The molecule has 0 aliphatic carbocycles. The Balaban J connectivity index is 2.72. The van der Waals surface area contributed by atoms with Crippen LogP contribution in [0, 0.1) is 0 Å². The maximum absolute atomic E-state index is 11.4. The van der Waals surface area contributed by atoms with Crippen LogP contribution in [0.2, 0.25) is 0 Å². The molecule has 16 heavy (non-hydrogen) atoms. The lowest BCUT2D eigenvalue weighted by atomic mass is 10.3. The summed E-state index contributed by atoms with van der Waals surface area (Å²) >= 11 is 6.87. The van der Waals surface area contributed by atoms with Crippen LogP contribution >= 0.6 is 67.8 Å². The molecule has 88 valence electrons. The van der Waals surface area contributed by atoms with Gasteiger partial charge in [0.25, 0.3) is 0 Å². The van der Waals surface area contributed by atoms with Crippen molar-refractivity contribution in [2.24, 2.45) is 0 Å². The van der Waals surface area contributed by atoms with Crippen molar-refractivity contribution >= 4 is 73.7 Å². The van der Waals surface area contributed by atoms with Gasteiger partial charge in [0.2, 0.25) is 0 Å². The zero-order chi connectivity index (χ0) is 12.1. The van der Waals surface area contributed by atoms with Crippen LogP contribution in [-0.2, 0) is 11.3 Å². The Morgan fingerprint density at radius 1 is 1.44 bits per heavy atom. The van der Waals surface area contributed by atoms with Gasteiger partial charge in [-0.25, -0.2) is 4.79 Å². The van der Waals surface area contributed by atoms with Gasteiger partial charge in [0.15, 0.2) is 0 Å². The van der Waals surface area contributed by atoms with Crippen LogP contribution in [0.1, 0.15) is 17.3 Å². The van der Waals surface area contributed by atoms with Crippen molar-refractivity contribution < 1.29 is 9.53 Å². The lowest BCUT2D eigenvalue weighted by Gasteiger charge is -2.02. The van der Waals surface area contributed by atoms with E-state index >= 15 is 0 Å². The standard InChI is InChI=1S/C10H10I3NO2/c1-2-16-10(15)7-3-4-14(5-7)6-8(11)9(12)13/h3-5H,2,6H2,1H3. The Bertz CT molecular complexity index is 408. The second kappa shape index (κ2) is 7.19. The Hall–Kier alpha value is 0.680. The van der Waals surface area contributed by atoms with Gasteiger partial charge in [0.05, 0.1) is 20.3 Å². The Morgan fingerprint density at radius 3 is 2.69 bits per heavy atom. The molecule has 0 saturated carbocycles. The Labute approximate surface area is 135 Å². The van der Waals surface area contributed by atoms with Crippen molar-refractivity contribution in [3.63, 3.8) is 0 Å². The third-order valence-corrected chi connectivity index (χ3v) is 6.03. The second-order valence-corrected chi connectivity index (χ2v) is 8.48. The highest BCUT2D eigenvalue weighted by Crippen LogP contribution is 2.26. The van der Waals surface area contributed by atoms with Crippen molar-refractivity contribution in [3.8, 4) is 0 Å². The molecule has 0 unspecified atom stereocenters. The van der Waals surface area contributed by atoms with E-state index in [-0.39, 0.29) is 5.97 Å². The van der Waals surface area contributed by atoms with Gasteiger partial charge < -0.3 is 9.30 Å². The molecule has 1 heterocycles. The number of hydrogen-bond acceptors (Lipinski definition) is 2. The first-order valence-corrected chi connectivity index (χ1v) is 7.80. The van der Waals surface area contributed by atoms with Crippen molar-refractivity contribution in [2.45, 2.75) is 13.5 Å². The van der Waals surface area contributed by atoms with Crippen molar-refractivity contribution in [3.05, 3.63) is 29.2 Å². The molecule has 0 aliphatic heterocycles. The highest BCUT2D eigenvalue weighted by atomic mass is 127. The molecule has 0 spiro atoms. The van der Waals surface area contributed by atoms with E-state index < -0.39 is 0 Å². The van der Waals surface area contributed by atoms with Gasteiger partial charge in [-0.2, -0.15) is 0 Å². The molecule has 0 radical (unpaired) electrons. The van der Waals surface area contributed by atoms with Crippen molar-refractivity contribution in [2.75, 3.05) is 6.61 Å². The lowest BCUT2D eigenvalue weighted by Crippen LogP contribution is -2.03. The molecule has 0 bridgehead atoms. The number of hydrogen-bond donors (Lipinski definition) is 0. The molecule has 3 nitrogen and oxygen atoms in total. The van der Waals surface area contributed by atoms with Crippen LogP contribution in [-0.4, -0.2) is 17.1 Å². The van der Waals surface area contributed by atoms with Crippen molar-refractivity contribution in [1.29, 1.82) is 0 Å². The minimum absolute atomic E-state index is 0.260. The summed E-state index contributed by atoms with van der Waals surface area (Å²) in [5, 5.41) is 0. The van der Waals surface area contributed by atoms with Gasteiger partial charge in [0, 0.05) is 16.0 Å². The highest BCUT2D eigenvalue weighted by Gasteiger charge is 2.08. The van der Waals surface area contributed by atoms with E-state index in [4.69, 9.17) is 4.74 Å². The van der Waals surface area contributed by atoms with Crippen LogP contribution in [0.5, 0.6) is 0 Å². The molecule has 0 fully saturated rings. The zero-order valence-corrected chi connectivity index (χ0v) is 15.0. The molecule has 0 aliphatic rings. The summed E-state index contributed by atoms with van der Waals surface area (Å²) in [4.78, 5) is 11.4. The SMILES string of the molecule is CCOC(=O)c1ccn(CC(I)=C(I)I)c1. The fourth-order valence-electron chi connectivity index (χ4n) is 1.09. The number of ether oxygens (including phenoxy) is 1. The smallest absolute Gasteiger partial charge is 0.339 e. The molecular weight excluding hydrogens is 547 g/mol. The normalized spacial score (nSPS) is 10.0. The average Bonchev–Trinajstić information content (AvgIpc) is 2.66. The van der Waals surface area contributed by atoms with Gasteiger partial charge in [-0.1, -0.05) is 0 Å². The quantitative estimate of drug-likeness (QED) is 0.412. The zero-order valence-electron chi connectivity index (χ0n) is 8.54. The Kier molecular flexibility index (Phi) is 6.62. The van der Waals surface area contributed by atoms with Gasteiger partial charge in [0.1, 0.15) is 0 Å². The molecule has 0 saturated heterocycles. The maximum atomic E-state index is 11.4. The van der Waals surface area contributed by atoms with Gasteiger partial charge in [-0.15, -0.1) is 0 Å². The van der Waals surface area contributed by atoms with Crippen LogP contribution in [0.4, 0.5) is 0 Å². The molecule has 0 amide bonds. The molecule has 6 heteroatoms. The summed E-state index contributed by atoms with van der Waals surface area (Å²) in [5.41, 5.74) is 0.606. The van der Waals surface area contributed by atoms with E-state index in [2.05, 4.69) is 67.8 Å². The van der Waals surface area contributed by atoms with E-state index in [9.17, 15) is 4.79 Å². The fraction of sp³-hybridized carbons (Fsp3) is 0.300. The highest BCUT2D eigenvalue weighted by molar-refractivity contribution is 14.2. The fourth-order valence-corrected chi connectivity index (χ4v) is 1.83. The van der Waals surface area contributed by atoms with Gasteiger partial charge in [-0.05, 0) is 80.8 Å². The number of carbonyl (C=O) groups excluding carboxylic acids is 1. The largest absolute Gasteiger partial charge is 0.462 e. The van der Waals surface area contributed by atoms with Crippen LogP contribution in [0.15, 0.2) is 23.6 Å². The monoisotopic (exact) mass is 557 g/mol. The molecule has 1 rings (SSSR count). The van der Waals surface area contributed by atoms with E-state index in [1.807, 2.05) is 17.0 Å². The van der Waals surface area contributed by atoms with Crippen molar-refractivity contribution in [1.82, 2.24) is 4.57 Å². The summed E-state index contributed by atoms with van der Waals surface area (Å²) in [7, 11) is 0. The summed E-state index contributed by atoms with van der Waals surface area (Å²) in [6.45, 7) is 3.01. The first kappa shape index (κ1) is 14.7. The van der Waals surface area contributed by atoms with Gasteiger partial charge in [-0.3, -0.25) is 0 Å². The van der Waals surface area contributed by atoms with Crippen LogP contribution in [0.3, 0.4) is 0 Å². The number of allylic oxidation sites excluding steroid dienone is 1. The minimum atomic E-state index is -0.260. The topological polar surface area (TPSA) is 31.2 Å². The number of carbonyl (C=O) groups is 1. The third-order valence-electron chi connectivity index (χ3n) is 1.79. The molecule has 1 aromatic heterocycles. The predicted molar refractivity (Wildman–Crippen MR) is 89.5 cm³/mol. The van der Waals surface area contributed by atoms with Crippen LogP contribution in [0.25, 0.3) is 0 Å². The summed E-state index contributed by atoms with van der Waals surface area (Å²) in [6.07, 6.45) is 3.70. The summed E-state index contributed by atoms with van der Waals surface area (Å²) < 4.78 is 9.39. The molecule has 0 atom stereocenters. The summed E-state index contributed by atoms with van der Waals surface area (Å²) in [6, 6.07) is 1.78. The minimum Gasteiger partial charge on any atom is -0.462 e. The van der Waals surface area contributed by atoms with E-state index in [0.29, 0.717) is 12.2 Å². The summed E-state index contributed by atoms with van der Waals surface area (Å²) in [5.74, 6) is -0.260. The van der Waals surface area contributed by atoms with E-state index in [0.717, 1.165) is 6.54 Å². The number of aromatic nitrogens is 1. The number of halogens is 3. The molecular formula is C10H10I3NO2. The molecule has 1 aromatic rings. The maximum Gasteiger partial charge on any atom is 0.339 e. The molecule has 0 aromatic carbocycles. The first-order valence-electron chi connectivity index (χ1n) is 4.57. The van der Waals surface area contributed by atoms with Gasteiger partial charge >= 0.3 is 5.97 Å². The first-order chi connectivity index (χ1) is 7.54. The second-order valence-electron chi connectivity index (χ2n) is 2.96. The van der Waals surface area contributed by atoms with Crippen LogP contribution < -0.4 is 0 Å². The third kappa shape index (κ3) is 4.51. The molecule has 0 N–H and O–H groups in total.